The molecular formula is C21H22BClN5O3. The lowest BCUT2D eigenvalue weighted by Crippen LogP contribution is -2.44. The summed E-state index contributed by atoms with van der Waals surface area (Å²) in [6.45, 7) is 0.109. The number of nitrogens with zero attached hydrogens (tertiary/aromatic N) is 3. The summed E-state index contributed by atoms with van der Waals surface area (Å²) in [6.07, 6.45) is 4.01. The maximum atomic E-state index is 12.8. The minimum absolute atomic E-state index is 0.109. The van der Waals surface area contributed by atoms with Crippen LogP contribution in [-0.2, 0) is 22.4 Å². The van der Waals surface area contributed by atoms with Gasteiger partial charge in [-0.2, -0.15) is 0 Å². The number of carbonyl (C=O) groups is 2. The lowest BCUT2D eigenvalue weighted by molar-refractivity contribution is -0.117. The van der Waals surface area contributed by atoms with Gasteiger partial charge in [-0.15, -0.1) is 5.10 Å². The van der Waals surface area contributed by atoms with Crippen molar-refractivity contribution in [2.45, 2.75) is 25.3 Å². The standard InChI is InChI=1S/C21H22BClN5O3/c23-19-6-2-1-4-15(19)12-20(25-22-14-30)21(31)24-16-7-9-18(10-8-16)28-13-17(26-27-28)5-3-11-29/h1-2,4,6-10,13-14,20,25,29H,3,5,11-12H2,(H,24,31)/t20-/m0/s1. The molecule has 159 valence electrons. The number of hydrogen-bond donors (Lipinski definition) is 3. The topological polar surface area (TPSA) is 109 Å². The van der Waals surface area contributed by atoms with Crippen LogP contribution in [0.5, 0.6) is 0 Å². The number of benzene rings is 2. The van der Waals surface area contributed by atoms with Gasteiger partial charge in [-0.25, -0.2) is 4.68 Å². The van der Waals surface area contributed by atoms with Gasteiger partial charge < -0.3 is 20.4 Å². The van der Waals surface area contributed by atoms with E-state index in [9.17, 15) is 9.59 Å². The lowest BCUT2D eigenvalue weighted by atomic mass is 9.93. The van der Waals surface area contributed by atoms with Crippen molar-refractivity contribution >= 4 is 36.8 Å². The van der Waals surface area contributed by atoms with Crippen LogP contribution in [-0.4, -0.2) is 52.3 Å². The van der Waals surface area contributed by atoms with Crippen molar-refractivity contribution in [3.8, 4) is 5.69 Å². The summed E-state index contributed by atoms with van der Waals surface area (Å²) in [5, 5.41) is 23.3. The Kier molecular flexibility index (Phi) is 8.34. The molecule has 3 aromatic rings. The molecule has 1 aromatic heterocycles. The van der Waals surface area contributed by atoms with Crippen LogP contribution >= 0.6 is 11.6 Å². The third-order valence-electron chi connectivity index (χ3n) is 4.60. The van der Waals surface area contributed by atoms with Gasteiger partial charge in [0.05, 0.1) is 29.8 Å². The van der Waals surface area contributed by atoms with E-state index < -0.39 is 6.04 Å². The van der Waals surface area contributed by atoms with E-state index in [1.807, 2.05) is 36.5 Å². The number of rotatable bonds is 11. The molecule has 0 saturated heterocycles. The molecule has 0 saturated carbocycles. The number of amides is 1. The van der Waals surface area contributed by atoms with E-state index in [0.29, 0.717) is 36.2 Å². The number of aromatic nitrogens is 3. The van der Waals surface area contributed by atoms with E-state index in [-0.39, 0.29) is 12.5 Å². The quantitative estimate of drug-likeness (QED) is 0.311. The number of aryl methyl sites for hydroxylation is 1. The molecule has 1 atom stereocenters. The Morgan fingerprint density at radius 3 is 2.71 bits per heavy atom. The minimum atomic E-state index is -0.672. The van der Waals surface area contributed by atoms with E-state index in [1.165, 1.54) is 7.41 Å². The SMILES string of the molecule is O=C[B]N[C@@H](Cc1ccccc1Cl)C(=O)Nc1ccc(-n2cc(CCCO)nn2)cc1. The van der Waals surface area contributed by atoms with Crippen LogP contribution in [0, 0.1) is 0 Å². The fourth-order valence-corrected chi connectivity index (χ4v) is 3.21. The second-order valence-corrected chi connectivity index (χ2v) is 7.24. The van der Waals surface area contributed by atoms with Gasteiger partial charge in [-0.1, -0.05) is 35.0 Å². The summed E-state index contributed by atoms with van der Waals surface area (Å²) < 4.78 is 1.64. The van der Waals surface area contributed by atoms with Crippen molar-refractivity contribution in [1.29, 1.82) is 0 Å². The molecule has 0 aliphatic carbocycles. The van der Waals surface area contributed by atoms with Gasteiger partial charge in [0.15, 0.2) is 0 Å². The number of hydrogen-bond acceptors (Lipinski definition) is 6. The second-order valence-electron chi connectivity index (χ2n) is 6.84. The van der Waals surface area contributed by atoms with Crippen LogP contribution in [0.15, 0.2) is 54.7 Å². The zero-order valence-electron chi connectivity index (χ0n) is 16.7. The van der Waals surface area contributed by atoms with Crippen molar-refractivity contribution in [3.05, 3.63) is 71.0 Å². The molecule has 2 aromatic carbocycles. The zero-order valence-corrected chi connectivity index (χ0v) is 17.5. The van der Waals surface area contributed by atoms with Crippen molar-refractivity contribution in [3.63, 3.8) is 0 Å². The van der Waals surface area contributed by atoms with Crippen molar-refractivity contribution in [1.82, 2.24) is 20.2 Å². The van der Waals surface area contributed by atoms with Gasteiger partial charge in [-0.05, 0) is 55.2 Å². The minimum Gasteiger partial charge on any atom is -0.396 e. The van der Waals surface area contributed by atoms with E-state index in [0.717, 1.165) is 16.9 Å². The average Bonchev–Trinajstić information content (AvgIpc) is 3.26. The van der Waals surface area contributed by atoms with Crippen LogP contribution in [0.25, 0.3) is 5.69 Å². The van der Waals surface area contributed by atoms with E-state index in [1.54, 1.807) is 22.9 Å². The van der Waals surface area contributed by atoms with Gasteiger partial charge in [-0.3, -0.25) is 4.79 Å². The third kappa shape index (κ3) is 6.49. The maximum absolute atomic E-state index is 12.8. The smallest absolute Gasteiger partial charge is 0.291 e. The first kappa shape index (κ1) is 22.7. The van der Waals surface area contributed by atoms with E-state index in [4.69, 9.17) is 16.7 Å². The highest BCUT2D eigenvalue weighted by Crippen LogP contribution is 2.18. The molecular weight excluding hydrogens is 417 g/mol. The molecule has 0 bridgehead atoms. The van der Waals surface area contributed by atoms with Crippen molar-refractivity contribution in [2.75, 3.05) is 11.9 Å². The molecule has 0 aliphatic heterocycles. The second kappa shape index (κ2) is 11.4. The molecule has 0 spiro atoms. The average molecular weight is 439 g/mol. The first-order chi connectivity index (χ1) is 15.1. The maximum Gasteiger partial charge on any atom is 0.291 e. The number of anilines is 1. The molecule has 0 unspecified atom stereocenters. The molecule has 1 amide bonds. The number of aliphatic hydroxyl groups excluding tert-OH is 1. The Balaban J connectivity index is 1.66. The molecule has 8 nitrogen and oxygen atoms in total. The van der Waals surface area contributed by atoms with Gasteiger partial charge in [0.1, 0.15) is 0 Å². The van der Waals surface area contributed by atoms with Crippen molar-refractivity contribution in [2.24, 2.45) is 0 Å². The number of aliphatic hydroxyl groups is 1. The molecule has 3 N–H and O–H groups in total. The Hall–Kier alpha value is -3.01. The third-order valence-corrected chi connectivity index (χ3v) is 4.96. The molecule has 1 heterocycles. The van der Waals surface area contributed by atoms with Crippen molar-refractivity contribution < 1.29 is 14.7 Å². The first-order valence-electron chi connectivity index (χ1n) is 9.80. The van der Waals surface area contributed by atoms with E-state index in [2.05, 4.69) is 20.9 Å². The van der Waals surface area contributed by atoms with Crippen LogP contribution in [0.1, 0.15) is 17.7 Å². The highest BCUT2D eigenvalue weighted by molar-refractivity contribution is 6.64. The monoisotopic (exact) mass is 438 g/mol. The Bertz CT molecular complexity index is 1010. The van der Waals surface area contributed by atoms with Gasteiger partial charge in [0.2, 0.25) is 5.91 Å². The predicted octanol–water partition coefficient (Wildman–Crippen LogP) is 1.79. The first-order valence-corrected chi connectivity index (χ1v) is 10.2. The molecule has 0 aliphatic rings. The normalized spacial score (nSPS) is 11.7. The number of nitrogens with one attached hydrogen (secondary N) is 2. The number of halogens is 1. The van der Waals surface area contributed by atoms with Gasteiger partial charge in [0.25, 0.3) is 7.41 Å². The lowest BCUT2D eigenvalue weighted by Gasteiger charge is -2.18. The highest BCUT2D eigenvalue weighted by atomic mass is 35.5. The van der Waals surface area contributed by atoms with Crippen LogP contribution in [0.4, 0.5) is 5.69 Å². The summed E-state index contributed by atoms with van der Waals surface area (Å²) in [4.78, 5) is 23.5. The molecule has 10 heteroatoms. The predicted molar refractivity (Wildman–Crippen MR) is 120 cm³/mol. The molecule has 1 radical (unpaired) electrons. The summed E-state index contributed by atoms with van der Waals surface area (Å²) in [5.74, 6) is -0.294. The summed E-state index contributed by atoms with van der Waals surface area (Å²) in [6, 6.07) is 13.7. The molecule has 3 rings (SSSR count). The Morgan fingerprint density at radius 1 is 1.23 bits per heavy atom. The van der Waals surface area contributed by atoms with Crippen LogP contribution < -0.4 is 10.5 Å². The summed E-state index contributed by atoms with van der Waals surface area (Å²) >= 11 is 6.21. The summed E-state index contributed by atoms with van der Waals surface area (Å²) in [7, 11) is 1.20. The number of carbonyl (C=O) groups excluding carboxylic acids is 2. The van der Waals surface area contributed by atoms with Crippen LogP contribution in [0.2, 0.25) is 5.02 Å². The fourth-order valence-electron chi connectivity index (χ4n) is 2.99. The zero-order chi connectivity index (χ0) is 22.1. The van der Waals surface area contributed by atoms with Crippen LogP contribution in [0.3, 0.4) is 0 Å². The Labute approximate surface area is 185 Å². The largest absolute Gasteiger partial charge is 0.396 e. The van der Waals surface area contributed by atoms with Gasteiger partial charge >= 0.3 is 0 Å². The molecule has 31 heavy (non-hydrogen) atoms. The summed E-state index contributed by atoms with van der Waals surface area (Å²) in [5.41, 5.74) is 2.99. The molecule has 0 fully saturated rings. The van der Waals surface area contributed by atoms with Gasteiger partial charge in [0, 0.05) is 17.3 Å². The highest BCUT2D eigenvalue weighted by Gasteiger charge is 2.20. The Morgan fingerprint density at radius 2 is 2.00 bits per heavy atom. The van der Waals surface area contributed by atoms with E-state index >= 15 is 0 Å². The fraction of sp³-hybridized carbons (Fsp3) is 0.238.